The van der Waals surface area contributed by atoms with E-state index in [-0.39, 0.29) is 12.5 Å². The highest BCUT2D eigenvalue weighted by Crippen LogP contribution is 2.38. The summed E-state index contributed by atoms with van der Waals surface area (Å²) in [6, 6.07) is 11.1. The molecule has 0 unspecified atom stereocenters. The van der Waals surface area contributed by atoms with Crippen molar-refractivity contribution in [3.8, 4) is 17.2 Å². The SMILES string of the molecule is CC/C(=N/NC(=O)COc1c(Br)cc(Br)cc1OC)c1ccc(OC)cc1. The number of nitrogens with zero attached hydrogens (tertiary/aromatic N) is 1. The highest BCUT2D eigenvalue weighted by atomic mass is 79.9. The van der Waals surface area contributed by atoms with E-state index in [9.17, 15) is 4.79 Å². The number of amides is 1. The molecule has 1 N–H and O–H groups in total. The number of carbonyl (C=O) groups excluding carboxylic acids is 1. The Hall–Kier alpha value is -2.06. The molecule has 27 heavy (non-hydrogen) atoms. The van der Waals surface area contributed by atoms with Crippen molar-refractivity contribution in [1.82, 2.24) is 5.43 Å². The maximum absolute atomic E-state index is 12.1. The summed E-state index contributed by atoms with van der Waals surface area (Å²) in [6.07, 6.45) is 0.666. The predicted octanol–water partition coefficient (Wildman–Crippen LogP) is 4.54. The molecule has 0 radical (unpaired) electrons. The van der Waals surface area contributed by atoms with Gasteiger partial charge in [-0.2, -0.15) is 5.10 Å². The van der Waals surface area contributed by atoms with Crippen LogP contribution in [0.4, 0.5) is 0 Å². The van der Waals surface area contributed by atoms with Crippen LogP contribution < -0.4 is 19.6 Å². The molecule has 2 aromatic rings. The molecule has 0 fully saturated rings. The molecule has 2 aromatic carbocycles. The number of hydrogen-bond donors (Lipinski definition) is 1. The van der Waals surface area contributed by atoms with Gasteiger partial charge in [0.15, 0.2) is 18.1 Å². The van der Waals surface area contributed by atoms with E-state index >= 15 is 0 Å². The van der Waals surface area contributed by atoms with Crippen molar-refractivity contribution in [2.45, 2.75) is 13.3 Å². The van der Waals surface area contributed by atoms with Gasteiger partial charge in [0.1, 0.15) is 5.75 Å². The summed E-state index contributed by atoms with van der Waals surface area (Å²) in [5.41, 5.74) is 4.20. The minimum absolute atomic E-state index is 0.195. The molecule has 2 rings (SSSR count). The average molecular weight is 500 g/mol. The van der Waals surface area contributed by atoms with E-state index in [0.29, 0.717) is 22.4 Å². The third-order valence-electron chi connectivity index (χ3n) is 3.62. The molecule has 0 bridgehead atoms. The molecule has 0 atom stereocenters. The molecule has 0 aliphatic rings. The van der Waals surface area contributed by atoms with Gasteiger partial charge in [0, 0.05) is 4.47 Å². The van der Waals surface area contributed by atoms with E-state index in [0.717, 1.165) is 21.5 Å². The van der Waals surface area contributed by atoms with E-state index in [1.165, 1.54) is 7.11 Å². The van der Waals surface area contributed by atoms with Gasteiger partial charge < -0.3 is 14.2 Å². The van der Waals surface area contributed by atoms with Crippen LogP contribution in [0, 0.1) is 0 Å². The number of rotatable bonds is 8. The maximum atomic E-state index is 12.1. The Morgan fingerprint density at radius 2 is 1.81 bits per heavy atom. The molecule has 0 spiro atoms. The lowest BCUT2D eigenvalue weighted by Crippen LogP contribution is -2.26. The standard InChI is InChI=1S/C19H20Br2N2O4/c1-4-16(12-5-7-14(25-2)8-6-12)22-23-18(24)11-27-19-15(21)9-13(20)10-17(19)26-3/h5-10H,4,11H2,1-3H3,(H,23,24)/b22-16-. The molecule has 0 saturated heterocycles. The van der Waals surface area contributed by atoms with Gasteiger partial charge in [0.25, 0.3) is 5.91 Å². The fraction of sp³-hybridized carbons (Fsp3) is 0.263. The first-order valence-corrected chi connectivity index (χ1v) is 9.72. The van der Waals surface area contributed by atoms with Crippen LogP contribution in [0.1, 0.15) is 18.9 Å². The third-order valence-corrected chi connectivity index (χ3v) is 4.66. The Morgan fingerprint density at radius 3 is 2.41 bits per heavy atom. The molecule has 0 aliphatic heterocycles. The first-order chi connectivity index (χ1) is 13.0. The van der Waals surface area contributed by atoms with Gasteiger partial charge in [-0.15, -0.1) is 0 Å². The quantitative estimate of drug-likeness (QED) is 0.427. The first kappa shape index (κ1) is 21.2. The minimum Gasteiger partial charge on any atom is -0.497 e. The summed E-state index contributed by atoms with van der Waals surface area (Å²) in [5, 5.41) is 4.21. The Bertz CT molecular complexity index is 823. The van der Waals surface area contributed by atoms with Crippen molar-refractivity contribution in [3.63, 3.8) is 0 Å². The average Bonchev–Trinajstić information content (AvgIpc) is 2.67. The van der Waals surface area contributed by atoms with E-state index in [1.54, 1.807) is 13.2 Å². The smallest absolute Gasteiger partial charge is 0.277 e. The second-order valence-electron chi connectivity index (χ2n) is 5.38. The van der Waals surface area contributed by atoms with E-state index in [2.05, 4.69) is 42.4 Å². The monoisotopic (exact) mass is 498 g/mol. The minimum atomic E-state index is -0.369. The Balaban J connectivity index is 2.01. The summed E-state index contributed by atoms with van der Waals surface area (Å²) < 4.78 is 17.5. The lowest BCUT2D eigenvalue weighted by molar-refractivity contribution is -0.123. The Kier molecular flexibility index (Phi) is 8.12. The van der Waals surface area contributed by atoms with Gasteiger partial charge in [-0.05, 0) is 64.3 Å². The van der Waals surface area contributed by atoms with Gasteiger partial charge in [0.2, 0.25) is 0 Å². The number of benzene rings is 2. The zero-order valence-electron chi connectivity index (χ0n) is 15.2. The van der Waals surface area contributed by atoms with Crippen LogP contribution in [0.2, 0.25) is 0 Å². The Labute approximate surface area is 175 Å². The van der Waals surface area contributed by atoms with Crippen LogP contribution in [0.25, 0.3) is 0 Å². The fourth-order valence-electron chi connectivity index (χ4n) is 2.26. The predicted molar refractivity (Wildman–Crippen MR) is 112 cm³/mol. The van der Waals surface area contributed by atoms with Crippen molar-refractivity contribution < 1.29 is 19.0 Å². The zero-order valence-corrected chi connectivity index (χ0v) is 18.4. The number of hydrogen-bond acceptors (Lipinski definition) is 5. The molecule has 0 saturated carbocycles. The molecule has 144 valence electrons. The fourth-order valence-corrected chi connectivity index (χ4v) is 3.56. The summed E-state index contributed by atoms with van der Waals surface area (Å²) in [5.74, 6) is 1.36. The van der Waals surface area contributed by atoms with Gasteiger partial charge in [-0.1, -0.05) is 22.9 Å². The van der Waals surface area contributed by atoms with Crippen molar-refractivity contribution in [2.75, 3.05) is 20.8 Å². The molecule has 8 heteroatoms. The highest BCUT2D eigenvalue weighted by molar-refractivity contribution is 9.11. The molecule has 0 heterocycles. The van der Waals surface area contributed by atoms with Gasteiger partial charge in [-0.25, -0.2) is 5.43 Å². The van der Waals surface area contributed by atoms with Gasteiger partial charge in [0.05, 0.1) is 24.4 Å². The first-order valence-electron chi connectivity index (χ1n) is 8.14. The van der Waals surface area contributed by atoms with E-state index < -0.39 is 0 Å². The van der Waals surface area contributed by atoms with Crippen molar-refractivity contribution in [2.24, 2.45) is 5.10 Å². The summed E-state index contributed by atoms with van der Waals surface area (Å²) in [6.45, 7) is 1.77. The topological polar surface area (TPSA) is 69.2 Å². The number of nitrogens with one attached hydrogen (secondary N) is 1. The summed E-state index contributed by atoms with van der Waals surface area (Å²) in [4.78, 5) is 12.1. The maximum Gasteiger partial charge on any atom is 0.277 e. The van der Waals surface area contributed by atoms with Crippen molar-refractivity contribution in [1.29, 1.82) is 0 Å². The molecule has 0 aromatic heterocycles. The van der Waals surface area contributed by atoms with Crippen molar-refractivity contribution in [3.05, 3.63) is 50.9 Å². The second-order valence-corrected chi connectivity index (χ2v) is 7.15. The number of hydrazone groups is 1. The highest BCUT2D eigenvalue weighted by Gasteiger charge is 2.13. The van der Waals surface area contributed by atoms with Crippen LogP contribution in [0.15, 0.2) is 50.4 Å². The molecule has 1 amide bonds. The zero-order chi connectivity index (χ0) is 19.8. The molecule has 0 aliphatic carbocycles. The van der Waals surface area contributed by atoms with E-state index in [1.807, 2.05) is 37.3 Å². The van der Waals surface area contributed by atoms with Crippen LogP contribution in [-0.2, 0) is 4.79 Å². The number of carbonyl (C=O) groups is 1. The Morgan fingerprint density at radius 1 is 1.11 bits per heavy atom. The van der Waals surface area contributed by atoms with Crippen LogP contribution in [0.3, 0.4) is 0 Å². The molecular formula is C19H20Br2N2O4. The van der Waals surface area contributed by atoms with Crippen LogP contribution in [-0.4, -0.2) is 32.4 Å². The third kappa shape index (κ3) is 5.97. The summed E-state index contributed by atoms with van der Waals surface area (Å²) >= 11 is 6.78. The lowest BCUT2D eigenvalue weighted by Gasteiger charge is -2.12. The molecule has 6 nitrogen and oxygen atoms in total. The number of halogens is 2. The largest absolute Gasteiger partial charge is 0.497 e. The number of methoxy groups -OCH3 is 2. The normalized spacial score (nSPS) is 11.1. The van der Waals surface area contributed by atoms with Crippen molar-refractivity contribution >= 4 is 43.5 Å². The second kappa shape index (κ2) is 10.3. The lowest BCUT2D eigenvalue weighted by atomic mass is 10.1. The van der Waals surface area contributed by atoms with Gasteiger partial charge in [-0.3, -0.25) is 4.79 Å². The van der Waals surface area contributed by atoms with Crippen LogP contribution in [0.5, 0.6) is 17.2 Å². The van der Waals surface area contributed by atoms with Gasteiger partial charge >= 0.3 is 0 Å². The van der Waals surface area contributed by atoms with E-state index in [4.69, 9.17) is 14.2 Å². The van der Waals surface area contributed by atoms with Crippen LogP contribution >= 0.6 is 31.9 Å². The number of ether oxygens (including phenoxy) is 3. The molecular weight excluding hydrogens is 480 g/mol. The summed E-state index contributed by atoms with van der Waals surface area (Å²) in [7, 11) is 3.15.